The molecule has 3 nitrogen and oxygen atoms in total. The van der Waals surface area contributed by atoms with Crippen LogP contribution in [-0.4, -0.2) is 23.3 Å². The fourth-order valence-electron chi connectivity index (χ4n) is 6.43. The number of Topliss-reactive ketones (excluding diaryl/α,β-unsaturated/α-hetero) is 1. The van der Waals surface area contributed by atoms with Crippen LogP contribution in [0.25, 0.3) is 0 Å². The van der Waals surface area contributed by atoms with Gasteiger partial charge in [-0.2, -0.15) is 0 Å². The van der Waals surface area contributed by atoms with E-state index < -0.39 is 0 Å². The maximum Gasteiger partial charge on any atom is 0.155 e. The lowest BCUT2D eigenvalue weighted by molar-refractivity contribution is -0.134. The van der Waals surface area contributed by atoms with Crippen LogP contribution in [0.1, 0.15) is 58.3 Å². The number of aliphatic hydroxyl groups excluding tert-OH is 1. The number of aliphatic hydroxyl groups is 1. The van der Waals surface area contributed by atoms with E-state index in [4.69, 9.17) is 0 Å². The first-order chi connectivity index (χ1) is 10.5. The van der Waals surface area contributed by atoms with Crippen LogP contribution in [0.3, 0.4) is 0 Å². The topological polar surface area (TPSA) is 54.4 Å². The van der Waals surface area contributed by atoms with E-state index in [0.717, 1.165) is 44.9 Å². The molecule has 0 spiro atoms. The van der Waals surface area contributed by atoms with E-state index >= 15 is 0 Å². The summed E-state index contributed by atoms with van der Waals surface area (Å²) in [6, 6.07) is 0. The van der Waals surface area contributed by atoms with Crippen molar-refractivity contribution in [2.24, 2.45) is 28.6 Å². The third-order valence-electron chi connectivity index (χ3n) is 7.68. The van der Waals surface area contributed by atoms with E-state index in [0.29, 0.717) is 30.0 Å². The largest absolute Gasteiger partial charge is 0.395 e. The number of carbonyl (C=O) groups excluding carboxylic acids is 2. The van der Waals surface area contributed by atoms with Crippen LogP contribution in [0.2, 0.25) is 0 Å². The molecule has 0 aliphatic heterocycles. The molecule has 0 bridgehead atoms. The Hall–Kier alpha value is -0.960. The summed E-state index contributed by atoms with van der Waals surface area (Å²) in [7, 11) is 0. The minimum atomic E-state index is -0.163. The van der Waals surface area contributed by atoms with Gasteiger partial charge in [0.25, 0.3) is 0 Å². The molecular formula is C19H26O3. The third kappa shape index (κ3) is 1.72. The van der Waals surface area contributed by atoms with Gasteiger partial charge >= 0.3 is 0 Å². The van der Waals surface area contributed by atoms with E-state index in [-0.39, 0.29) is 23.2 Å². The number of ketones is 2. The first-order valence-corrected chi connectivity index (χ1v) is 8.89. The van der Waals surface area contributed by atoms with Gasteiger partial charge in [-0.05, 0) is 62.4 Å². The molecule has 22 heavy (non-hydrogen) atoms. The van der Waals surface area contributed by atoms with Gasteiger partial charge in [-0.1, -0.05) is 12.5 Å². The first kappa shape index (κ1) is 14.6. The summed E-state index contributed by atoms with van der Waals surface area (Å²) in [5, 5.41) is 10.2. The molecule has 4 aliphatic carbocycles. The highest BCUT2D eigenvalue weighted by Crippen LogP contribution is 2.64. The summed E-state index contributed by atoms with van der Waals surface area (Å²) in [5.41, 5.74) is 0.938. The van der Waals surface area contributed by atoms with Gasteiger partial charge < -0.3 is 5.11 Å². The summed E-state index contributed by atoms with van der Waals surface area (Å²) < 4.78 is 0. The van der Waals surface area contributed by atoms with Crippen molar-refractivity contribution in [3.8, 4) is 0 Å². The fourth-order valence-corrected chi connectivity index (χ4v) is 6.43. The van der Waals surface area contributed by atoms with Gasteiger partial charge in [0.15, 0.2) is 5.78 Å². The van der Waals surface area contributed by atoms with Crippen molar-refractivity contribution in [2.45, 2.75) is 58.3 Å². The molecule has 4 aliphatic rings. The number of rotatable bonds is 1. The highest BCUT2D eigenvalue weighted by molar-refractivity contribution is 5.91. The minimum absolute atomic E-state index is 0.108. The molecule has 3 fully saturated rings. The van der Waals surface area contributed by atoms with Crippen LogP contribution in [0, 0.1) is 28.6 Å². The molecule has 1 N–H and O–H groups in total. The minimum Gasteiger partial charge on any atom is -0.395 e. The fraction of sp³-hybridized carbons (Fsp3) is 0.789. The van der Waals surface area contributed by atoms with Gasteiger partial charge in [0.2, 0.25) is 0 Å². The Bertz CT molecular complexity index is 563. The monoisotopic (exact) mass is 302 g/mol. The Morgan fingerprint density at radius 1 is 1.09 bits per heavy atom. The molecule has 0 aromatic rings. The van der Waals surface area contributed by atoms with Crippen molar-refractivity contribution in [2.75, 3.05) is 6.61 Å². The Morgan fingerprint density at radius 2 is 1.91 bits per heavy atom. The lowest BCUT2D eigenvalue weighted by atomic mass is 9.47. The summed E-state index contributed by atoms with van der Waals surface area (Å²) in [4.78, 5) is 24.2. The summed E-state index contributed by atoms with van der Waals surface area (Å²) >= 11 is 0. The van der Waals surface area contributed by atoms with Gasteiger partial charge in [-0.3, -0.25) is 9.59 Å². The second-order valence-electron chi connectivity index (χ2n) is 8.28. The van der Waals surface area contributed by atoms with Crippen LogP contribution in [0.15, 0.2) is 11.6 Å². The van der Waals surface area contributed by atoms with Gasteiger partial charge in [0.05, 0.1) is 6.61 Å². The quantitative estimate of drug-likeness (QED) is 0.810. The van der Waals surface area contributed by atoms with Crippen molar-refractivity contribution in [1.29, 1.82) is 0 Å². The van der Waals surface area contributed by atoms with Gasteiger partial charge in [0.1, 0.15) is 5.78 Å². The van der Waals surface area contributed by atoms with Crippen LogP contribution < -0.4 is 0 Å². The standard InChI is InChI=1S/C19H26O3/c1-18-8-7-16-14(15(18)4-5-17(18)22)3-2-12-10-13(21)6-9-19(12,16)11-20/h10,14-16,20H,2-9,11H2,1H3/t14-,15?,16?,18-,19+/m0/s1. The molecule has 3 heteroatoms. The molecule has 0 heterocycles. The molecule has 2 unspecified atom stereocenters. The summed E-state index contributed by atoms with van der Waals surface area (Å²) in [5.74, 6) is 2.22. The molecule has 0 amide bonds. The van der Waals surface area contributed by atoms with Crippen molar-refractivity contribution < 1.29 is 14.7 Å². The maximum atomic E-state index is 12.4. The van der Waals surface area contributed by atoms with E-state index in [1.54, 1.807) is 0 Å². The number of hydrogen-bond acceptors (Lipinski definition) is 3. The zero-order valence-corrected chi connectivity index (χ0v) is 13.4. The lowest BCUT2D eigenvalue weighted by Gasteiger charge is -2.57. The predicted molar refractivity (Wildman–Crippen MR) is 83.1 cm³/mol. The van der Waals surface area contributed by atoms with E-state index in [2.05, 4.69) is 6.92 Å². The molecule has 3 saturated carbocycles. The molecule has 5 atom stereocenters. The zero-order chi connectivity index (χ0) is 15.5. The van der Waals surface area contributed by atoms with Gasteiger partial charge in [-0.25, -0.2) is 0 Å². The Kier molecular flexibility index (Phi) is 3.17. The summed E-state index contributed by atoms with van der Waals surface area (Å²) in [6.07, 6.45) is 9.06. The van der Waals surface area contributed by atoms with Crippen LogP contribution in [-0.2, 0) is 9.59 Å². The predicted octanol–water partition coefficient (Wildman–Crippen LogP) is 3.06. The van der Waals surface area contributed by atoms with Crippen molar-refractivity contribution in [1.82, 2.24) is 0 Å². The molecule has 0 aromatic heterocycles. The van der Waals surface area contributed by atoms with Gasteiger partial charge in [0, 0.05) is 23.7 Å². The normalized spacial score (nSPS) is 47.5. The highest BCUT2D eigenvalue weighted by Gasteiger charge is 2.59. The molecule has 4 rings (SSSR count). The maximum absolute atomic E-state index is 12.4. The molecule has 120 valence electrons. The van der Waals surface area contributed by atoms with E-state index in [1.165, 1.54) is 5.57 Å². The van der Waals surface area contributed by atoms with Crippen molar-refractivity contribution in [3.63, 3.8) is 0 Å². The number of fused-ring (bicyclic) bond motifs is 5. The van der Waals surface area contributed by atoms with Crippen LogP contribution in [0.4, 0.5) is 0 Å². The van der Waals surface area contributed by atoms with Crippen molar-refractivity contribution in [3.05, 3.63) is 11.6 Å². The smallest absolute Gasteiger partial charge is 0.155 e. The molecular weight excluding hydrogens is 276 g/mol. The lowest BCUT2D eigenvalue weighted by Crippen LogP contribution is -2.53. The van der Waals surface area contributed by atoms with E-state index in [9.17, 15) is 14.7 Å². The Morgan fingerprint density at radius 3 is 2.68 bits per heavy atom. The number of hydrogen-bond donors (Lipinski definition) is 1. The summed E-state index contributed by atoms with van der Waals surface area (Å²) in [6.45, 7) is 2.36. The zero-order valence-electron chi connectivity index (χ0n) is 13.4. The highest BCUT2D eigenvalue weighted by atomic mass is 16.3. The second-order valence-corrected chi connectivity index (χ2v) is 8.28. The average molecular weight is 302 g/mol. The Balaban J connectivity index is 1.73. The molecule has 0 aromatic carbocycles. The average Bonchev–Trinajstić information content (AvgIpc) is 2.82. The van der Waals surface area contributed by atoms with Crippen molar-refractivity contribution >= 4 is 11.6 Å². The van der Waals surface area contributed by atoms with E-state index in [1.807, 2.05) is 6.08 Å². The molecule has 0 saturated heterocycles. The van der Waals surface area contributed by atoms with Crippen LogP contribution >= 0.6 is 0 Å². The number of carbonyl (C=O) groups is 2. The molecule has 0 radical (unpaired) electrons. The SMILES string of the molecule is C[C@]12CCC3[C@@H](CCC4=CC(=O)CC[C@@]43CO)C1CCC2=O. The Labute approximate surface area is 132 Å². The second kappa shape index (κ2) is 4.77. The van der Waals surface area contributed by atoms with Gasteiger partial charge in [-0.15, -0.1) is 0 Å². The first-order valence-electron chi connectivity index (χ1n) is 8.89. The van der Waals surface area contributed by atoms with Crippen LogP contribution in [0.5, 0.6) is 0 Å². The third-order valence-corrected chi connectivity index (χ3v) is 7.68.